The quantitative estimate of drug-likeness (QED) is 0.441. The zero-order valence-corrected chi connectivity index (χ0v) is 7.93. The standard InChI is InChI=1S/C9H18N2O/c1-8(7-10-5-6-12)9(2)11(3)4/h10,12H,1-2,5-7H2,3-4H3. The summed E-state index contributed by atoms with van der Waals surface area (Å²) in [5.41, 5.74) is 1.87. The van der Waals surface area contributed by atoms with E-state index < -0.39 is 0 Å². The Morgan fingerprint density at radius 2 is 2.00 bits per heavy atom. The molecule has 0 bridgehead atoms. The van der Waals surface area contributed by atoms with E-state index in [0.717, 1.165) is 11.3 Å². The van der Waals surface area contributed by atoms with Gasteiger partial charge in [-0.1, -0.05) is 13.2 Å². The number of nitrogens with one attached hydrogen (secondary N) is 1. The van der Waals surface area contributed by atoms with Gasteiger partial charge in [-0.15, -0.1) is 0 Å². The summed E-state index contributed by atoms with van der Waals surface area (Å²) in [6.07, 6.45) is 0. The van der Waals surface area contributed by atoms with E-state index in [0.29, 0.717) is 13.1 Å². The van der Waals surface area contributed by atoms with Gasteiger partial charge in [0.1, 0.15) is 0 Å². The van der Waals surface area contributed by atoms with Crippen LogP contribution >= 0.6 is 0 Å². The highest BCUT2D eigenvalue weighted by Crippen LogP contribution is 2.05. The predicted octanol–water partition coefficient (Wildman–Crippen LogP) is 0.200. The molecule has 0 aromatic rings. The van der Waals surface area contributed by atoms with Gasteiger partial charge in [0.15, 0.2) is 0 Å². The highest BCUT2D eigenvalue weighted by Gasteiger charge is 2.00. The minimum absolute atomic E-state index is 0.154. The average molecular weight is 170 g/mol. The fourth-order valence-electron chi connectivity index (χ4n) is 0.737. The molecule has 12 heavy (non-hydrogen) atoms. The van der Waals surface area contributed by atoms with E-state index >= 15 is 0 Å². The van der Waals surface area contributed by atoms with Crippen LogP contribution in [0.1, 0.15) is 0 Å². The molecule has 2 N–H and O–H groups in total. The molecule has 0 aromatic carbocycles. The van der Waals surface area contributed by atoms with E-state index in [1.54, 1.807) is 0 Å². The van der Waals surface area contributed by atoms with Gasteiger partial charge < -0.3 is 15.3 Å². The van der Waals surface area contributed by atoms with E-state index in [1.807, 2.05) is 19.0 Å². The molecule has 0 aliphatic rings. The molecule has 3 nitrogen and oxygen atoms in total. The van der Waals surface area contributed by atoms with Gasteiger partial charge in [-0.2, -0.15) is 0 Å². The molecule has 0 aliphatic carbocycles. The lowest BCUT2D eigenvalue weighted by Crippen LogP contribution is -2.23. The van der Waals surface area contributed by atoms with Crippen molar-refractivity contribution in [2.75, 3.05) is 33.8 Å². The number of nitrogens with zero attached hydrogens (tertiary/aromatic N) is 1. The Morgan fingerprint density at radius 3 is 2.42 bits per heavy atom. The molecule has 0 amide bonds. The Hall–Kier alpha value is -0.800. The summed E-state index contributed by atoms with van der Waals surface area (Å²) in [6.45, 7) is 9.15. The minimum atomic E-state index is 0.154. The van der Waals surface area contributed by atoms with E-state index in [2.05, 4.69) is 18.5 Å². The largest absolute Gasteiger partial charge is 0.395 e. The van der Waals surface area contributed by atoms with Crippen molar-refractivity contribution in [3.8, 4) is 0 Å². The molecular weight excluding hydrogens is 152 g/mol. The molecule has 0 saturated heterocycles. The van der Waals surface area contributed by atoms with Gasteiger partial charge >= 0.3 is 0 Å². The van der Waals surface area contributed by atoms with Crippen molar-refractivity contribution in [3.63, 3.8) is 0 Å². The third kappa shape index (κ3) is 4.16. The normalized spacial score (nSPS) is 9.58. The van der Waals surface area contributed by atoms with Gasteiger partial charge in [0.2, 0.25) is 0 Å². The highest BCUT2D eigenvalue weighted by molar-refractivity contribution is 5.24. The number of rotatable bonds is 6. The molecular formula is C9H18N2O. The Bertz CT molecular complexity index is 164. The van der Waals surface area contributed by atoms with Crippen LogP contribution in [0.2, 0.25) is 0 Å². The minimum Gasteiger partial charge on any atom is -0.395 e. The van der Waals surface area contributed by atoms with Gasteiger partial charge in [0.05, 0.1) is 6.61 Å². The van der Waals surface area contributed by atoms with Crippen molar-refractivity contribution < 1.29 is 5.11 Å². The van der Waals surface area contributed by atoms with Crippen molar-refractivity contribution in [1.29, 1.82) is 0 Å². The summed E-state index contributed by atoms with van der Waals surface area (Å²) in [5, 5.41) is 11.5. The molecule has 0 aliphatic heterocycles. The van der Waals surface area contributed by atoms with Crippen LogP contribution in [0.4, 0.5) is 0 Å². The van der Waals surface area contributed by atoms with Gasteiger partial charge in [-0.25, -0.2) is 0 Å². The number of aliphatic hydroxyl groups is 1. The maximum absolute atomic E-state index is 8.50. The Labute approximate surface area is 74.4 Å². The Morgan fingerprint density at radius 1 is 1.42 bits per heavy atom. The topological polar surface area (TPSA) is 35.5 Å². The number of likely N-dealkylation sites (N-methyl/N-ethyl adjacent to an activating group) is 1. The first kappa shape index (κ1) is 11.2. The second-order valence-corrected chi connectivity index (χ2v) is 2.85. The molecule has 0 heterocycles. The average Bonchev–Trinajstić information content (AvgIpc) is 2.03. The summed E-state index contributed by atoms with van der Waals surface area (Å²) in [6, 6.07) is 0. The maximum Gasteiger partial charge on any atom is 0.0556 e. The first-order valence-corrected chi connectivity index (χ1v) is 3.95. The lowest BCUT2D eigenvalue weighted by Gasteiger charge is -2.17. The van der Waals surface area contributed by atoms with Crippen molar-refractivity contribution in [1.82, 2.24) is 10.2 Å². The molecule has 0 atom stereocenters. The molecule has 3 heteroatoms. The molecule has 0 unspecified atom stereocenters. The second kappa shape index (κ2) is 5.80. The van der Waals surface area contributed by atoms with E-state index in [-0.39, 0.29) is 6.61 Å². The lowest BCUT2D eigenvalue weighted by atomic mass is 10.2. The first-order chi connectivity index (χ1) is 5.59. The predicted molar refractivity (Wildman–Crippen MR) is 51.9 cm³/mol. The summed E-state index contributed by atoms with van der Waals surface area (Å²) < 4.78 is 0. The van der Waals surface area contributed by atoms with Gasteiger partial charge in [-0.3, -0.25) is 0 Å². The van der Waals surface area contributed by atoms with E-state index in [9.17, 15) is 0 Å². The van der Waals surface area contributed by atoms with Crippen LogP contribution in [0, 0.1) is 0 Å². The number of hydrogen-bond acceptors (Lipinski definition) is 3. The third-order valence-electron chi connectivity index (χ3n) is 1.57. The molecule has 0 aromatic heterocycles. The van der Waals surface area contributed by atoms with Gasteiger partial charge in [0, 0.05) is 32.9 Å². The van der Waals surface area contributed by atoms with Gasteiger partial charge in [-0.05, 0) is 5.57 Å². The molecule has 0 fully saturated rings. The number of hydrogen-bond donors (Lipinski definition) is 2. The van der Waals surface area contributed by atoms with Crippen molar-refractivity contribution in [2.45, 2.75) is 0 Å². The van der Waals surface area contributed by atoms with Crippen LogP contribution in [0.25, 0.3) is 0 Å². The summed E-state index contributed by atoms with van der Waals surface area (Å²) in [7, 11) is 3.86. The van der Waals surface area contributed by atoms with Crippen LogP contribution in [-0.2, 0) is 0 Å². The Kier molecular flexibility index (Phi) is 5.41. The SMILES string of the molecule is C=C(CNCCO)C(=C)N(C)C. The molecule has 0 saturated carbocycles. The van der Waals surface area contributed by atoms with Gasteiger partial charge in [0.25, 0.3) is 0 Å². The zero-order valence-electron chi connectivity index (χ0n) is 7.93. The highest BCUT2D eigenvalue weighted by atomic mass is 16.3. The van der Waals surface area contributed by atoms with Crippen LogP contribution in [0.3, 0.4) is 0 Å². The third-order valence-corrected chi connectivity index (χ3v) is 1.57. The van der Waals surface area contributed by atoms with E-state index in [4.69, 9.17) is 5.11 Å². The second-order valence-electron chi connectivity index (χ2n) is 2.85. The van der Waals surface area contributed by atoms with Crippen LogP contribution in [0.15, 0.2) is 24.4 Å². The molecule has 0 spiro atoms. The smallest absolute Gasteiger partial charge is 0.0556 e. The van der Waals surface area contributed by atoms with Crippen LogP contribution in [-0.4, -0.2) is 43.8 Å². The molecule has 70 valence electrons. The van der Waals surface area contributed by atoms with Crippen molar-refractivity contribution >= 4 is 0 Å². The van der Waals surface area contributed by atoms with Crippen molar-refractivity contribution in [3.05, 3.63) is 24.4 Å². The molecule has 0 rings (SSSR count). The monoisotopic (exact) mass is 170 g/mol. The van der Waals surface area contributed by atoms with Crippen LogP contribution in [0.5, 0.6) is 0 Å². The van der Waals surface area contributed by atoms with E-state index in [1.165, 1.54) is 0 Å². The summed E-state index contributed by atoms with van der Waals surface area (Å²) >= 11 is 0. The Balaban J connectivity index is 3.65. The lowest BCUT2D eigenvalue weighted by molar-refractivity contribution is 0.294. The van der Waals surface area contributed by atoms with Crippen LogP contribution < -0.4 is 5.32 Å². The maximum atomic E-state index is 8.50. The fourth-order valence-corrected chi connectivity index (χ4v) is 0.737. The van der Waals surface area contributed by atoms with Crippen molar-refractivity contribution in [2.24, 2.45) is 0 Å². The zero-order chi connectivity index (χ0) is 9.56. The summed E-state index contributed by atoms with van der Waals surface area (Å²) in [5.74, 6) is 0. The first-order valence-electron chi connectivity index (χ1n) is 3.95. The summed E-state index contributed by atoms with van der Waals surface area (Å²) in [4.78, 5) is 1.92. The number of aliphatic hydroxyl groups excluding tert-OH is 1. The molecule has 0 radical (unpaired) electrons. The fraction of sp³-hybridized carbons (Fsp3) is 0.556.